The standard InChI is InChI=1S/C53H36N6O6S4/c1-3-15-62-41-23-47(58-35(25-54)26-55)68-49(41)45-19-33-17-39-37(21-43(33)66-45)38-22-44-34(20-46(67-44)50-42(63-16-4-2)24-48(69-50)59-36(27-56)28-57)18-40(38)53(39,51(60)64-29-31-11-7-5-8-12-31)52(61)65-30-32-13-9-6-10-14-32/h5-14,17-24H,3-4,15-16,29-30H2,1-2H3. The highest BCUT2D eigenvalue weighted by atomic mass is 32.1. The fraction of sp³-hybridized carbons (Fsp3) is 0.170. The van der Waals surface area contributed by atoms with Gasteiger partial charge in [-0.3, -0.25) is 9.59 Å². The number of benzene rings is 4. The van der Waals surface area contributed by atoms with Crippen molar-refractivity contribution in [1.82, 2.24) is 0 Å². The highest BCUT2D eigenvalue weighted by Crippen LogP contribution is 2.56. The first kappa shape index (κ1) is 46.2. The number of carbonyl (C=O) groups excluding carboxylic acids is 2. The van der Waals surface area contributed by atoms with Crippen LogP contribution in [0.4, 0.5) is 10.0 Å². The van der Waals surface area contributed by atoms with Crippen LogP contribution in [0.2, 0.25) is 0 Å². The van der Waals surface area contributed by atoms with E-state index in [1.54, 1.807) is 12.1 Å². The van der Waals surface area contributed by atoms with E-state index in [4.69, 9.17) is 18.9 Å². The van der Waals surface area contributed by atoms with Gasteiger partial charge in [0.05, 0.1) is 23.0 Å². The van der Waals surface area contributed by atoms with Gasteiger partial charge in [-0.25, -0.2) is 9.98 Å². The van der Waals surface area contributed by atoms with Gasteiger partial charge in [0.15, 0.2) is 0 Å². The van der Waals surface area contributed by atoms with Crippen LogP contribution in [0.3, 0.4) is 0 Å². The van der Waals surface area contributed by atoms with Crippen molar-refractivity contribution in [3.05, 3.63) is 131 Å². The molecule has 0 bridgehead atoms. The highest BCUT2D eigenvalue weighted by molar-refractivity contribution is 7.28. The van der Waals surface area contributed by atoms with E-state index in [1.165, 1.54) is 45.3 Å². The summed E-state index contributed by atoms with van der Waals surface area (Å²) in [5.41, 5.74) is 0.992. The maximum Gasteiger partial charge on any atom is 0.333 e. The van der Waals surface area contributed by atoms with Gasteiger partial charge in [-0.1, -0.05) is 74.5 Å². The summed E-state index contributed by atoms with van der Waals surface area (Å²) < 4.78 is 26.5. The lowest BCUT2D eigenvalue weighted by molar-refractivity contribution is -0.164. The van der Waals surface area contributed by atoms with Crippen LogP contribution in [-0.2, 0) is 37.7 Å². The molecule has 0 saturated carbocycles. The number of hydrogen-bond acceptors (Lipinski definition) is 16. The quantitative estimate of drug-likeness (QED) is 0.0511. The van der Waals surface area contributed by atoms with Crippen LogP contribution in [0.15, 0.2) is 119 Å². The molecule has 0 aliphatic heterocycles. The molecule has 4 aromatic heterocycles. The molecule has 0 atom stereocenters. The SMILES string of the molecule is CCCOc1cc(N=C(C#N)C#N)sc1-c1cc2cc3c(cc2s1)-c1cc2sc(-c4sc(N=C(C#N)C#N)cc4OCCC)cc2cc1C3(C(=O)OCc1ccccc1)C(=O)OCc1ccccc1. The number of fused-ring (bicyclic) bond motifs is 5. The van der Waals surface area contributed by atoms with Crippen LogP contribution in [0.1, 0.15) is 48.9 Å². The summed E-state index contributed by atoms with van der Waals surface area (Å²) >= 11 is 5.57. The second kappa shape index (κ2) is 20.1. The van der Waals surface area contributed by atoms with Gasteiger partial charge in [0.2, 0.25) is 16.8 Å². The first-order chi connectivity index (χ1) is 33.7. The molecule has 0 spiro atoms. The number of rotatable bonds is 16. The molecule has 9 rings (SSSR count). The Balaban J connectivity index is 1.25. The lowest BCUT2D eigenvalue weighted by atomic mass is 9.77. The Morgan fingerprint density at radius 3 is 1.33 bits per heavy atom. The van der Waals surface area contributed by atoms with Crippen LogP contribution in [0.25, 0.3) is 50.8 Å². The number of esters is 2. The molecule has 0 saturated heterocycles. The number of nitrogens with zero attached hydrogens (tertiary/aromatic N) is 6. The molecule has 1 aliphatic carbocycles. The van der Waals surface area contributed by atoms with E-state index in [1.807, 2.05) is 135 Å². The average molecular weight is 981 g/mol. The van der Waals surface area contributed by atoms with Gasteiger partial charge >= 0.3 is 11.9 Å². The first-order valence-electron chi connectivity index (χ1n) is 21.6. The molecule has 338 valence electrons. The van der Waals surface area contributed by atoms with Crippen molar-refractivity contribution in [2.75, 3.05) is 13.2 Å². The number of aliphatic imine (C=N–C) groups is 2. The molecule has 16 heteroatoms. The minimum absolute atomic E-state index is 0.0974. The van der Waals surface area contributed by atoms with Crippen LogP contribution in [-0.4, -0.2) is 36.6 Å². The van der Waals surface area contributed by atoms with Gasteiger partial charge in [-0.15, -0.1) is 45.3 Å². The number of ether oxygens (including phenoxy) is 4. The van der Waals surface area contributed by atoms with Gasteiger partial charge < -0.3 is 18.9 Å². The monoisotopic (exact) mass is 980 g/mol. The van der Waals surface area contributed by atoms with E-state index < -0.39 is 17.4 Å². The van der Waals surface area contributed by atoms with Crippen molar-refractivity contribution in [1.29, 1.82) is 21.0 Å². The summed E-state index contributed by atoms with van der Waals surface area (Å²) in [6, 6.07) is 41.0. The summed E-state index contributed by atoms with van der Waals surface area (Å²) in [5.74, 6) is -0.471. The van der Waals surface area contributed by atoms with Crippen LogP contribution < -0.4 is 9.47 Å². The molecule has 69 heavy (non-hydrogen) atoms. The van der Waals surface area contributed by atoms with Gasteiger partial charge in [-0.05, 0) is 93.4 Å². The Bertz CT molecular complexity index is 3270. The zero-order valence-corrected chi connectivity index (χ0v) is 40.2. The predicted octanol–water partition coefficient (Wildman–Crippen LogP) is 13.1. The Morgan fingerprint density at radius 1 is 0.551 bits per heavy atom. The van der Waals surface area contributed by atoms with Crippen molar-refractivity contribution in [3.63, 3.8) is 0 Å². The Labute approximate surface area is 412 Å². The molecular weight excluding hydrogens is 945 g/mol. The molecule has 0 amide bonds. The summed E-state index contributed by atoms with van der Waals surface area (Å²) in [7, 11) is 0. The lowest BCUT2D eigenvalue weighted by Crippen LogP contribution is -2.45. The number of hydrogen-bond donors (Lipinski definition) is 0. The highest BCUT2D eigenvalue weighted by Gasteiger charge is 2.58. The Hall–Kier alpha value is -7.96. The second-order valence-electron chi connectivity index (χ2n) is 15.6. The van der Waals surface area contributed by atoms with E-state index in [0.29, 0.717) is 57.0 Å². The Kier molecular flexibility index (Phi) is 13.4. The zero-order valence-electron chi connectivity index (χ0n) is 36.9. The van der Waals surface area contributed by atoms with Crippen LogP contribution in [0.5, 0.6) is 11.5 Å². The smallest absolute Gasteiger partial charge is 0.333 e. The third-order valence-corrected chi connectivity index (χ3v) is 15.6. The maximum absolute atomic E-state index is 15.4. The van der Waals surface area contributed by atoms with Crippen molar-refractivity contribution < 1.29 is 28.5 Å². The summed E-state index contributed by atoms with van der Waals surface area (Å²) in [5, 5.41) is 40.2. The van der Waals surface area contributed by atoms with Crippen molar-refractivity contribution in [2.24, 2.45) is 9.98 Å². The second-order valence-corrected chi connectivity index (χ2v) is 19.8. The fourth-order valence-corrected chi connectivity index (χ4v) is 12.3. The molecule has 0 radical (unpaired) electrons. The van der Waals surface area contributed by atoms with Gasteiger partial charge in [-0.2, -0.15) is 21.0 Å². The molecule has 12 nitrogen and oxygen atoms in total. The predicted molar refractivity (Wildman–Crippen MR) is 271 cm³/mol. The third kappa shape index (κ3) is 8.98. The number of carbonyl (C=O) groups is 2. The molecule has 4 aromatic carbocycles. The average Bonchev–Trinajstić information content (AvgIpc) is 4.22. The molecule has 4 heterocycles. The lowest BCUT2D eigenvalue weighted by Gasteiger charge is -2.28. The molecule has 0 fully saturated rings. The molecular formula is C53H36N6O6S4. The number of nitriles is 4. The van der Waals surface area contributed by atoms with E-state index in [9.17, 15) is 21.0 Å². The molecule has 1 aliphatic rings. The summed E-state index contributed by atoms with van der Waals surface area (Å²) in [6.45, 7) is 4.66. The van der Waals surface area contributed by atoms with E-state index in [0.717, 1.165) is 63.6 Å². The van der Waals surface area contributed by atoms with E-state index >= 15 is 9.59 Å². The molecule has 8 aromatic rings. The zero-order chi connectivity index (χ0) is 48.1. The van der Waals surface area contributed by atoms with Crippen LogP contribution >= 0.6 is 45.3 Å². The van der Waals surface area contributed by atoms with Gasteiger partial charge in [0.25, 0.3) is 0 Å². The minimum atomic E-state index is -2.07. The van der Waals surface area contributed by atoms with Gasteiger partial charge in [0.1, 0.15) is 59.0 Å². The first-order valence-corrected chi connectivity index (χ1v) is 24.9. The topological polar surface area (TPSA) is 191 Å². The summed E-state index contributed by atoms with van der Waals surface area (Å²) in [6.07, 6.45) is 1.50. The normalized spacial score (nSPS) is 11.9. The maximum atomic E-state index is 15.4. The third-order valence-electron chi connectivity index (χ3n) is 11.1. The van der Waals surface area contributed by atoms with Crippen molar-refractivity contribution in [2.45, 2.75) is 45.3 Å². The number of thiophene rings is 4. The molecule has 0 N–H and O–H groups in total. The minimum Gasteiger partial charge on any atom is -0.492 e. The van der Waals surface area contributed by atoms with Gasteiger partial charge in [0, 0.05) is 31.3 Å². The van der Waals surface area contributed by atoms with E-state index in [-0.39, 0.29) is 24.6 Å². The Morgan fingerprint density at radius 2 is 0.957 bits per heavy atom. The fourth-order valence-electron chi connectivity index (χ4n) is 7.98. The molecule has 0 unspecified atom stereocenters. The van der Waals surface area contributed by atoms with Crippen molar-refractivity contribution >= 4 is 98.9 Å². The summed E-state index contributed by atoms with van der Waals surface area (Å²) in [4.78, 5) is 42.4. The van der Waals surface area contributed by atoms with Crippen LogP contribution in [0, 0.1) is 45.3 Å². The van der Waals surface area contributed by atoms with Crippen molar-refractivity contribution in [3.8, 4) is 66.4 Å². The van der Waals surface area contributed by atoms with E-state index in [2.05, 4.69) is 9.98 Å². The largest absolute Gasteiger partial charge is 0.492 e.